The van der Waals surface area contributed by atoms with E-state index in [-0.39, 0.29) is 17.9 Å². The SMILES string of the molecule is COC(=O)CC1CCN[C@H](c2ccc(C(F)(F)F)cc2)C1. The summed E-state index contributed by atoms with van der Waals surface area (Å²) in [7, 11) is 1.36. The van der Waals surface area contributed by atoms with Gasteiger partial charge in [0.05, 0.1) is 12.7 Å². The Morgan fingerprint density at radius 1 is 1.33 bits per heavy atom. The first-order valence-electron chi connectivity index (χ1n) is 6.87. The van der Waals surface area contributed by atoms with Crippen molar-refractivity contribution in [2.75, 3.05) is 13.7 Å². The number of halogens is 3. The summed E-state index contributed by atoms with van der Waals surface area (Å²) in [6.45, 7) is 0.743. The van der Waals surface area contributed by atoms with E-state index in [1.165, 1.54) is 19.2 Å². The zero-order valence-electron chi connectivity index (χ0n) is 11.7. The first-order valence-corrected chi connectivity index (χ1v) is 6.87. The Labute approximate surface area is 121 Å². The van der Waals surface area contributed by atoms with Gasteiger partial charge in [-0.25, -0.2) is 0 Å². The Kier molecular flexibility index (Phi) is 4.88. The van der Waals surface area contributed by atoms with Gasteiger partial charge in [0.25, 0.3) is 0 Å². The second-order valence-electron chi connectivity index (χ2n) is 5.30. The number of carbonyl (C=O) groups excluding carboxylic acids is 1. The normalized spacial score (nSPS) is 22.9. The molecule has 0 saturated carbocycles. The van der Waals surface area contributed by atoms with E-state index in [0.717, 1.165) is 37.1 Å². The lowest BCUT2D eigenvalue weighted by Crippen LogP contribution is -2.32. The molecule has 1 aliphatic rings. The van der Waals surface area contributed by atoms with Crippen LogP contribution in [-0.4, -0.2) is 19.6 Å². The van der Waals surface area contributed by atoms with Crippen molar-refractivity contribution < 1.29 is 22.7 Å². The summed E-state index contributed by atoms with van der Waals surface area (Å²) >= 11 is 0. The highest BCUT2D eigenvalue weighted by Crippen LogP contribution is 2.33. The van der Waals surface area contributed by atoms with E-state index in [1.807, 2.05) is 0 Å². The lowest BCUT2D eigenvalue weighted by molar-refractivity contribution is -0.142. The standard InChI is InChI=1S/C15H18F3NO2/c1-21-14(20)9-10-6-7-19-13(8-10)11-2-4-12(5-3-11)15(16,17)18/h2-5,10,13,19H,6-9H2,1H3/t10?,13-/m0/s1. The van der Waals surface area contributed by atoms with Crippen LogP contribution >= 0.6 is 0 Å². The molecule has 1 fully saturated rings. The van der Waals surface area contributed by atoms with Crippen LogP contribution in [0.1, 0.15) is 36.4 Å². The zero-order chi connectivity index (χ0) is 15.5. The summed E-state index contributed by atoms with van der Waals surface area (Å²) in [6, 6.07) is 5.18. The average molecular weight is 301 g/mol. The summed E-state index contributed by atoms with van der Waals surface area (Å²) in [6.07, 6.45) is -2.37. The van der Waals surface area contributed by atoms with E-state index in [4.69, 9.17) is 0 Å². The van der Waals surface area contributed by atoms with Crippen LogP contribution in [0.15, 0.2) is 24.3 Å². The highest BCUT2D eigenvalue weighted by atomic mass is 19.4. The van der Waals surface area contributed by atoms with Crippen LogP contribution in [0, 0.1) is 5.92 Å². The Bertz CT molecular complexity index is 485. The highest BCUT2D eigenvalue weighted by Gasteiger charge is 2.31. The molecule has 1 N–H and O–H groups in total. The average Bonchev–Trinajstić information content (AvgIpc) is 2.46. The second-order valence-corrected chi connectivity index (χ2v) is 5.30. The number of hydrogen-bond acceptors (Lipinski definition) is 3. The minimum atomic E-state index is -4.31. The molecule has 116 valence electrons. The van der Waals surface area contributed by atoms with Gasteiger partial charge in [-0.3, -0.25) is 4.79 Å². The third-order valence-corrected chi connectivity index (χ3v) is 3.84. The maximum Gasteiger partial charge on any atom is 0.416 e. The van der Waals surface area contributed by atoms with Crippen LogP contribution in [0.4, 0.5) is 13.2 Å². The molecule has 1 unspecified atom stereocenters. The number of alkyl halides is 3. The Morgan fingerprint density at radius 3 is 2.57 bits per heavy atom. The van der Waals surface area contributed by atoms with Crippen molar-refractivity contribution in [2.24, 2.45) is 5.92 Å². The van der Waals surface area contributed by atoms with Gasteiger partial charge in [-0.1, -0.05) is 12.1 Å². The topological polar surface area (TPSA) is 38.3 Å². The van der Waals surface area contributed by atoms with Gasteiger partial charge in [0, 0.05) is 12.5 Å². The first-order chi connectivity index (χ1) is 9.90. The van der Waals surface area contributed by atoms with Crippen molar-refractivity contribution in [2.45, 2.75) is 31.5 Å². The molecule has 0 amide bonds. The van der Waals surface area contributed by atoms with Crippen LogP contribution in [0.2, 0.25) is 0 Å². The van der Waals surface area contributed by atoms with Crippen LogP contribution in [0.25, 0.3) is 0 Å². The Morgan fingerprint density at radius 2 is 2.00 bits per heavy atom. The number of piperidine rings is 1. The molecule has 1 saturated heterocycles. The Hall–Kier alpha value is -1.56. The molecule has 0 aromatic heterocycles. The molecule has 6 heteroatoms. The number of methoxy groups -OCH3 is 1. The Balaban J connectivity index is 2.02. The number of ether oxygens (including phenoxy) is 1. The lowest BCUT2D eigenvalue weighted by atomic mass is 9.86. The predicted molar refractivity (Wildman–Crippen MR) is 71.5 cm³/mol. The van der Waals surface area contributed by atoms with Gasteiger partial charge in [0.15, 0.2) is 0 Å². The van der Waals surface area contributed by atoms with Crippen molar-refractivity contribution in [3.63, 3.8) is 0 Å². The van der Waals surface area contributed by atoms with Crippen molar-refractivity contribution in [1.29, 1.82) is 0 Å². The maximum absolute atomic E-state index is 12.5. The number of carbonyl (C=O) groups is 1. The van der Waals surface area contributed by atoms with Gasteiger partial charge in [0.2, 0.25) is 0 Å². The van der Waals surface area contributed by atoms with Crippen molar-refractivity contribution in [1.82, 2.24) is 5.32 Å². The van der Waals surface area contributed by atoms with Gasteiger partial charge < -0.3 is 10.1 Å². The third-order valence-electron chi connectivity index (χ3n) is 3.84. The number of rotatable bonds is 3. The largest absolute Gasteiger partial charge is 0.469 e. The summed E-state index contributed by atoms with van der Waals surface area (Å²) in [5, 5.41) is 3.28. The van der Waals surface area contributed by atoms with Crippen molar-refractivity contribution >= 4 is 5.97 Å². The highest BCUT2D eigenvalue weighted by molar-refractivity contribution is 5.69. The summed E-state index contributed by atoms with van der Waals surface area (Å²) in [5.74, 6) is -0.0425. The molecule has 21 heavy (non-hydrogen) atoms. The molecule has 1 aliphatic heterocycles. The maximum atomic E-state index is 12.5. The van der Waals surface area contributed by atoms with Crippen LogP contribution in [0.3, 0.4) is 0 Å². The molecular weight excluding hydrogens is 283 g/mol. The van der Waals surface area contributed by atoms with Gasteiger partial charge in [0.1, 0.15) is 0 Å². The summed E-state index contributed by atoms with van der Waals surface area (Å²) < 4.78 is 42.3. The van der Waals surface area contributed by atoms with E-state index in [1.54, 1.807) is 0 Å². The monoisotopic (exact) mass is 301 g/mol. The van der Waals surface area contributed by atoms with Crippen molar-refractivity contribution in [3.05, 3.63) is 35.4 Å². The molecule has 1 heterocycles. The fourth-order valence-electron chi connectivity index (χ4n) is 2.66. The van der Waals surface area contributed by atoms with Gasteiger partial charge in [-0.15, -0.1) is 0 Å². The second kappa shape index (κ2) is 6.47. The van der Waals surface area contributed by atoms with E-state index in [2.05, 4.69) is 10.1 Å². The molecule has 2 rings (SSSR count). The van der Waals surface area contributed by atoms with E-state index in [9.17, 15) is 18.0 Å². The van der Waals surface area contributed by atoms with Gasteiger partial charge >= 0.3 is 12.1 Å². The van der Waals surface area contributed by atoms with Crippen LogP contribution in [0.5, 0.6) is 0 Å². The molecule has 3 nitrogen and oxygen atoms in total. The molecule has 1 aromatic rings. The summed E-state index contributed by atoms with van der Waals surface area (Å²) in [4.78, 5) is 11.3. The minimum Gasteiger partial charge on any atom is -0.469 e. The lowest BCUT2D eigenvalue weighted by Gasteiger charge is -2.30. The first kappa shape index (κ1) is 15.8. The number of benzene rings is 1. The predicted octanol–water partition coefficient (Wildman–Crippen LogP) is 3.31. The zero-order valence-corrected chi connectivity index (χ0v) is 11.7. The number of nitrogens with one attached hydrogen (secondary N) is 1. The molecule has 0 spiro atoms. The molecule has 1 aromatic carbocycles. The molecule has 2 atom stereocenters. The quantitative estimate of drug-likeness (QED) is 0.871. The van der Waals surface area contributed by atoms with E-state index >= 15 is 0 Å². The molecular formula is C15H18F3NO2. The number of esters is 1. The fraction of sp³-hybridized carbons (Fsp3) is 0.533. The molecule has 0 bridgehead atoms. The van der Waals surface area contributed by atoms with E-state index < -0.39 is 11.7 Å². The summed E-state index contributed by atoms with van der Waals surface area (Å²) in [5.41, 5.74) is 0.172. The third kappa shape index (κ3) is 4.20. The van der Waals surface area contributed by atoms with Gasteiger partial charge in [-0.2, -0.15) is 13.2 Å². The molecule has 0 aliphatic carbocycles. The smallest absolute Gasteiger partial charge is 0.416 e. The minimum absolute atomic E-state index is 0.0179. The van der Waals surface area contributed by atoms with Crippen LogP contribution in [-0.2, 0) is 15.7 Å². The van der Waals surface area contributed by atoms with Crippen molar-refractivity contribution in [3.8, 4) is 0 Å². The van der Waals surface area contributed by atoms with Crippen LogP contribution < -0.4 is 5.32 Å². The number of hydrogen-bond donors (Lipinski definition) is 1. The van der Waals surface area contributed by atoms with Gasteiger partial charge in [-0.05, 0) is 43.0 Å². The fourth-order valence-corrected chi connectivity index (χ4v) is 2.66. The molecule has 0 radical (unpaired) electrons. The van der Waals surface area contributed by atoms with E-state index in [0.29, 0.717) is 6.42 Å².